The van der Waals surface area contributed by atoms with Crippen molar-refractivity contribution in [3.8, 4) is 17.1 Å². The monoisotopic (exact) mass is 573 g/mol. The SMILES string of the molecule is c1ccc(-n2ccc3cc4cc5c6ccccc6n(-c6ccc(-n7c8ccccc8c8ccccc87)cc6)c5cc4cc32)cc1. The van der Waals surface area contributed by atoms with Crippen molar-refractivity contribution in [2.45, 2.75) is 0 Å². The zero-order valence-corrected chi connectivity index (χ0v) is 24.4. The smallest absolute Gasteiger partial charge is 0.0547 e. The summed E-state index contributed by atoms with van der Waals surface area (Å²) >= 11 is 0. The van der Waals surface area contributed by atoms with Gasteiger partial charge in [-0.1, -0.05) is 72.8 Å². The predicted molar refractivity (Wildman–Crippen MR) is 189 cm³/mol. The largest absolute Gasteiger partial charge is 0.317 e. The maximum absolute atomic E-state index is 2.42. The molecule has 10 aromatic rings. The van der Waals surface area contributed by atoms with Crippen LogP contribution in [-0.2, 0) is 0 Å². The van der Waals surface area contributed by atoms with Crippen molar-refractivity contribution in [3.63, 3.8) is 0 Å². The van der Waals surface area contributed by atoms with Gasteiger partial charge in [-0.25, -0.2) is 0 Å². The number of fused-ring (bicyclic) bond motifs is 8. The predicted octanol–water partition coefficient (Wildman–Crippen LogP) is 11.0. The summed E-state index contributed by atoms with van der Waals surface area (Å²) in [6, 6.07) is 57.4. The second kappa shape index (κ2) is 9.22. The zero-order chi connectivity index (χ0) is 29.5. The minimum atomic E-state index is 1.15. The number of hydrogen-bond donors (Lipinski definition) is 0. The second-order valence-corrected chi connectivity index (χ2v) is 11.9. The fourth-order valence-electron chi connectivity index (χ4n) is 7.39. The molecule has 0 saturated heterocycles. The van der Waals surface area contributed by atoms with Crippen LogP contribution in [0.15, 0.2) is 164 Å². The van der Waals surface area contributed by atoms with Gasteiger partial charge < -0.3 is 13.7 Å². The van der Waals surface area contributed by atoms with E-state index in [2.05, 4.69) is 178 Å². The minimum Gasteiger partial charge on any atom is -0.317 e. The topological polar surface area (TPSA) is 14.8 Å². The lowest BCUT2D eigenvalue weighted by Crippen LogP contribution is -1.97. The van der Waals surface area contributed by atoms with Crippen LogP contribution in [0.1, 0.15) is 0 Å². The van der Waals surface area contributed by atoms with E-state index in [0.29, 0.717) is 0 Å². The first-order valence-electron chi connectivity index (χ1n) is 15.4. The molecule has 0 fully saturated rings. The van der Waals surface area contributed by atoms with E-state index in [1.807, 2.05) is 0 Å². The Morgan fingerprint density at radius 3 is 1.40 bits per heavy atom. The van der Waals surface area contributed by atoms with Crippen LogP contribution in [0.25, 0.3) is 82.3 Å². The van der Waals surface area contributed by atoms with Gasteiger partial charge in [0.1, 0.15) is 0 Å². The van der Waals surface area contributed by atoms with Crippen LogP contribution in [0.2, 0.25) is 0 Å². The summed E-state index contributed by atoms with van der Waals surface area (Å²) in [5.41, 5.74) is 9.57. The standard InChI is InChI=1S/C42H27N3/c1-2-10-31(11-3-1)43-23-22-28-24-29-25-37-36-14-6-9-17-40(36)45(42(37)27-30(29)26-41(28)43)33-20-18-32(19-21-33)44-38-15-7-4-12-34(38)35-13-5-8-16-39(35)44/h1-27H. The maximum atomic E-state index is 2.42. The summed E-state index contributed by atoms with van der Waals surface area (Å²) in [5, 5.41) is 8.82. The molecule has 0 spiro atoms. The van der Waals surface area contributed by atoms with Crippen molar-refractivity contribution >= 4 is 65.3 Å². The van der Waals surface area contributed by atoms with Gasteiger partial charge in [0.25, 0.3) is 0 Å². The number of nitrogens with zero attached hydrogens (tertiary/aromatic N) is 3. The van der Waals surface area contributed by atoms with Crippen LogP contribution in [0.3, 0.4) is 0 Å². The highest BCUT2D eigenvalue weighted by Gasteiger charge is 2.16. The lowest BCUT2D eigenvalue weighted by Gasteiger charge is -2.12. The zero-order valence-electron chi connectivity index (χ0n) is 24.4. The third-order valence-corrected chi connectivity index (χ3v) is 9.42. The molecule has 3 aromatic heterocycles. The average Bonchev–Trinajstić information content (AvgIpc) is 3.76. The van der Waals surface area contributed by atoms with E-state index in [-0.39, 0.29) is 0 Å². The Balaban J connectivity index is 1.18. The van der Waals surface area contributed by atoms with Gasteiger partial charge in [0, 0.05) is 50.2 Å². The van der Waals surface area contributed by atoms with Crippen molar-refractivity contribution in [3.05, 3.63) is 164 Å². The van der Waals surface area contributed by atoms with Crippen molar-refractivity contribution in [2.75, 3.05) is 0 Å². The van der Waals surface area contributed by atoms with Gasteiger partial charge in [0.05, 0.1) is 27.6 Å². The molecule has 10 rings (SSSR count). The quantitative estimate of drug-likeness (QED) is 0.200. The lowest BCUT2D eigenvalue weighted by atomic mass is 10.0. The van der Waals surface area contributed by atoms with Crippen molar-refractivity contribution in [1.82, 2.24) is 13.7 Å². The Morgan fingerprint density at radius 2 is 0.778 bits per heavy atom. The molecule has 3 nitrogen and oxygen atoms in total. The van der Waals surface area contributed by atoms with Crippen LogP contribution >= 0.6 is 0 Å². The van der Waals surface area contributed by atoms with E-state index in [1.165, 1.54) is 71.0 Å². The first kappa shape index (κ1) is 24.4. The fraction of sp³-hybridized carbons (Fsp3) is 0. The molecule has 3 heterocycles. The molecule has 0 atom stereocenters. The normalized spacial score (nSPS) is 12.0. The molecule has 0 aliphatic carbocycles. The molecule has 0 aliphatic heterocycles. The molecule has 7 aromatic carbocycles. The summed E-state index contributed by atoms with van der Waals surface area (Å²) in [4.78, 5) is 0. The molecule has 0 unspecified atom stereocenters. The van der Waals surface area contributed by atoms with E-state index in [1.54, 1.807) is 0 Å². The second-order valence-electron chi connectivity index (χ2n) is 11.9. The third-order valence-electron chi connectivity index (χ3n) is 9.42. The first-order valence-corrected chi connectivity index (χ1v) is 15.4. The van der Waals surface area contributed by atoms with E-state index in [9.17, 15) is 0 Å². The summed E-state index contributed by atoms with van der Waals surface area (Å²) in [5.74, 6) is 0. The number of benzene rings is 7. The highest BCUT2D eigenvalue weighted by Crippen LogP contribution is 2.37. The molecule has 0 amide bonds. The number of aromatic nitrogens is 3. The fourth-order valence-corrected chi connectivity index (χ4v) is 7.39. The van der Waals surface area contributed by atoms with Gasteiger partial charge >= 0.3 is 0 Å². The van der Waals surface area contributed by atoms with Gasteiger partial charge in [-0.05, 0) is 95.7 Å². The Morgan fingerprint density at radius 1 is 0.289 bits per heavy atom. The van der Waals surface area contributed by atoms with Gasteiger partial charge in [0.15, 0.2) is 0 Å². The van der Waals surface area contributed by atoms with E-state index >= 15 is 0 Å². The van der Waals surface area contributed by atoms with E-state index in [4.69, 9.17) is 0 Å². The molecule has 210 valence electrons. The molecule has 0 radical (unpaired) electrons. The van der Waals surface area contributed by atoms with Crippen LogP contribution in [-0.4, -0.2) is 13.7 Å². The van der Waals surface area contributed by atoms with Crippen LogP contribution < -0.4 is 0 Å². The minimum absolute atomic E-state index is 1.15. The van der Waals surface area contributed by atoms with Crippen LogP contribution in [0.5, 0.6) is 0 Å². The molecule has 0 aliphatic rings. The maximum Gasteiger partial charge on any atom is 0.0547 e. The molecular weight excluding hydrogens is 546 g/mol. The van der Waals surface area contributed by atoms with E-state index in [0.717, 1.165) is 11.4 Å². The first-order chi connectivity index (χ1) is 22.3. The number of hydrogen-bond acceptors (Lipinski definition) is 0. The number of rotatable bonds is 3. The third kappa shape index (κ3) is 3.52. The summed E-state index contributed by atoms with van der Waals surface area (Å²) in [6.07, 6.45) is 2.17. The van der Waals surface area contributed by atoms with Gasteiger partial charge in [-0.15, -0.1) is 0 Å². The molecule has 45 heavy (non-hydrogen) atoms. The average molecular weight is 574 g/mol. The summed E-state index contributed by atoms with van der Waals surface area (Å²) in [6.45, 7) is 0. The van der Waals surface area contributed by atoms with Gasteiger partial charge in [0.2, 0.25) is 0 Å². The molecular formula is C42H27N3. The lowest BCUT2D eigenvalue weighted by molar-refractivity contribution is 1.13. The summed E-state index contributed by atoms with van der Waals surface area (Å²) < 4.78 is 7.07. The van der Waals surface area contributed by atoms with Crippen molar-refractivity contribution < 1.29 is 0 Å². The highest BCUT2D eigenvalue weighted by molar-refractivity contribution is 6.15. The van der Waals surface area contributed by atoms with Crippen LogP contribution in [0.4, 0.5) is 0 Å². The molecule has 0 N–H and O–H groups in total. The Labute approximate surface area is 259 Å². The molecule has 0 bridgehead atoms. The Kier molecular flexibility index (Phi) is 5.00. The number of para-hydroxylation sites is 4. The van der Waals surface area contributed by atoms with Crippen molar-refractivity contribution in [1.29, 1.82) is 0 Å². The Hall–Kier alpha value is -6.06. The van der Waals surface area contributed by atoms with E-state index < -0.39 is 0 Å². The summed E-state index contributed by atoms with van der Waals surface area (Å²) in [7, 11) is 0. The van der Waals surface area contributed by atoms with Gasteiger partial charge in [-0.2, -0.15) is 0 Å². The Bertz CT molecular complexity index is 2690. The van der Waals surface area contributed by atoms with Gasteiger partial charge in [-0.3, -0.25) is 0 Å². The van der Waals surface area contributed by atoms with Crippen LogP contribution in [0, 0.1) is 0 Å². The highest BCUT2D eigenvalue weighted by atomic mass is 15.0. The molecule has 0 saturated carbocycles. The molecule has 3 heteroatoms. The van der Waals surface area contributed by atoms with Crippen molar-refractivity contribution in [2.24, 2.45) is 0 Å².